The molecule has 19 heavy (non-hydrogen) atoms. The van der Waals surface area contributed by atoms with E-state index in [0.717, 1.165) is 19.3 Å². The van der Waals surface area contributed by atoms with Crippen LogP contribution >= 0.6 is 0 Å². The van der Waals surface area contributed by atoms with E-state index in [1.807, 2.05) is 0 Å². The Hall–Kier alpha value is -1.88. The van der Waals surface area contributed by atoms with Crippen LogP contribution in [0.25, 0.3) is 11.3 Å². The average molecular weight is 261 g/mol. The third kappa shape index (κ3) is 2.10. The third-order valence-electron chi connectivity index (χ3n) is 3.67. The number of rotatable bonds is 2. The first-order valence-electron chi connectivity index (χ1n) is 6.45. The molecule has 1 fully saturated rings. The van der Waals surface area contributed by atoms with E-state index in [4.69, 9.17) is 5.73 Å². The molecule has 2 aromatic rings. The summed E-state index contributed by atoms with van der Waals surface area (Å²) in [5, 5.41) is 14.3. The average Bonchev–Trinajstić information content (AvgIpc) is 2.96. The smallest absolute Gasteiger partial charge is 0.132 e. The Labute approximate surface area is 110 Å². The van der Waals surface area contributed by atoms with Crippen molar-refractivity contribution in [1.82, 2.24) is 9.78 Å². The van der Waals surface area contributed by atoms with Crippen molar-refractivity contribution in [2.24, 2.45) is 0 Å². The molecular formula is C14H16FN3O. The van der Waals surface area contributed by atoms with Gasteiger partial charge in [0, 0.05) is 11.6 Å². The van der Waals surface area contributed by atoms with Crippen molar-refractivity contribution in [2.45, 2.75) is 31.4 Å². The first kappa shape index (κ1) is 12.2. The summed E-state index contributed by atoms with van der Waals surface area (Å²) in [6.45, 7) is 0. The van der Waals surface area contributed by atoms with Crippen LogP contribution < -0.4 is 5.73 Å². The van der Waals surface area contributed by atoms with Gasteiger partial charge in [0.15, 0.2) is 0 Å². The van der Waals surface area contributed by atoms with Crippen LogP contribution in [-0.4, -0.2) is 21.0 Å². The van der Waals surface area contributed by atoms with Crippen molar-refractivity contribution in [2.75, 3.05) is 5.73 Å². The number of nitrogens with two attached hydrogens (primary N) is 1. The maximum atomic E-state index is 13.7. The highest BCUT2D eigenvalue weighted by Crippen LogP contribution is 2.33. The monoisotopic (exact) mass is 261 g/mol. The van der Waals surface area contributed by atoms with Crippen molar-refractivity contribution in [1.29, 1.82) is 0 Å². The van der Waals surface area contributed by atoms with E-state index >= 15 is 0 Å². The van der Waals surface area contributed by atoms with Gasteiger partial charge in [0.1, 0.15) is 11.6 Å². The lowest BCUT2D eigenvalue weighted by molar-refractivity contribution is 0.131. The fourth-order valence-electron chi connectivity index (χ4n) is 2.68. The molecule has 0 bridgehead atoms. The second-order valence-corrected chi connectivity index (χ2v) is 4.94. The molecule has 1 heterocycles. The number of aromatic nitrogens is 2. The van der Waals surface area contributed by atoms with Gasteiger partial charge in [-0.1, -0.05) is 12.1 Å². The minimum atomic E-state index is -0.421. The van der Waals surface area contributed by atoms with Crippen molar-refractivity contribution in [3.05, 3.63) is 36.1 Å². The van der Waals surface area contributed by atoms with Crippen LogP contribution in [0.3, 0.4) is 0 Å². The Balaban J connectivity index is 2.00. The number of anilines is 1. The fraction of sp³-hybridized carbons (Fsp3) is 0.357. The van der Waals surface area contributed by atoms with Gasteiger partial charge in [-0.25, -0.2) is 9.07 Å². The molecule has 3 rings (SSSR count). The second kappa shape index (κ2) is 4.66. The van der Waals surface area contributed by atoms with Crippen molar-refractivity contribution in [3.63, 3.8) is 0 Å². The molecule has 0 aliphatic heterocycles. The van der Waals surface area contributed by atoms with E-state index in [0.29, 0.717) is 17.1 Å². The highest BCUT2D eigenvalue weighted by Gasteiger charge is 2.29. The van der Waals surface area contributed by atoms with Crippen LogP contribution in [0.1, 0.15) is 25.3 Å². The number of halogens is 1. The number of nitrogens with zero attached hydrogens (tertiary/aromatic N) is 2. The largest absolute Gasteiger partial charge is 0.391 e. The minimum Gasteiger partial charge on any atom is -0.391 e. The molecule has 5 heteroatoms. The first-order valence-corrected chi connectivity index (χ1v) is 6.45. The van der Waals surface area contributed by atoms with E-state index < -0.39 is 6.10 Å². The van der Waals surface area contributed by atoms with Crippen LogP contribution in [-0.2, 0) is 0 Å². The van der Waals surface area contributed by atoms with Gasteiger partial charge in [-0.2, -0.15) is 5.10 Å². The first-order chi connectivity index (χ1) is 9.16. The molecule has 100 valence electrons. The molecule has 0 amide bonds. The molecule has 1 aliphatic carbocycles. The molecule has 0 saturated heterocycles. The second-order valence-electron chi connectivity index (χ2n) is 4.94. The standard InChI is InChI=1S/C14H16FN3O/c15-10-5-2-1-4-9(10)11-8-14(16)18(17-11)12-6-3-7-13(12)19/h1-2,4-5,8,12-13,19H,3,6-7,16H2. The molecular weight excluding hydrogens is 245 g/mol. The van der Waals surface area contributed by atoms with Gasteiger partial charge in [0.25, 0.3) is 0 Å². The lowest BCUT2D eigenvalue weighted by atomic mass is 10.1. The zero-order valence-electron chi connectivity index (χ0n) is 10.5. The van der Waals surface area contributed by atoms with E-state index in [-0.39, 0.29) is 11.9 Å². The fourth-order valence-corrected chi connectivity index (χ4v) is 2.68. The van der Waals surface area contributed by atoms with E-state index in [1.165, 1.54) is 6.07 Å². The number of hydrogen-bond acceptors (Lipinski definition) is 3. The third-order valence-corrected chi connectivity index (χ3v) is 3.67. The SMILES string of the molecule is Nc1cc(-c2ccccc2F)nn1C1CCCC1O. The van der Waals surface area contributed by atoms with Gasteiger partial charge in [-0.3, -0.25) is 0 Å². The summed E-state index contributed by atoms with van der Waals surface area (Å²) in [7, 11) is 0. The van der Waals surface area contributed by atoms with E-state index in [9.17, 15) is 9.50 Å². The summed E-state index contributed by atoms with van der Waals surface area (Å²) < 4.78 is 15.4. The number of hydrogen-bond donors (Lipinski definition) is 2. The summed E-state index contributed by atoms with van der Waals surface area (Å²) >= 11 is 0. The predicted octanol–water partition coefficient (Wildman–Crippen LogP) is 2.36. The van der Waals surface area contributed by atoms with Gasteiger partial charge in [0.05, 0.1) is 17.8 Å². The van der Waals surface area contributed by atoms with Crippen LogP contribution in [0.15, 0.2) is 30.3 Å². The van der Waals surface area contributed by atoms with Crippen molar-refractivity contribution < 1.29 is 9.50 Å². The van der Waals surface area contributed by atoms with Crippen LogP contribution in [0.2, 0.25) is 0 Å². The lowest BCUT2D eigenvalue weighted by Gasteiger charge is -2.16. The zero-order valence-corrected chi connectivity index (χ0v) is 10.5. The lowest BCUT2D eigenvalue weighted by Crippen LogP contribution is -2.20. The Morgan fingerprint density at radius 1 is 1.32 bits per heavy atom. The van der Waals surface area contributed by atoms with Gasteiger partial charge in [-0.15, -0.1) is 0 Å². The summed E-state index contributed by atoms with van der Waals surface area (Å²) in [5.74, 6) is 0.142. The molecule has 1 saturated carbocycles. The molecule has 1 aliphatic rings. The highest BCUT2D eigenvalue weighted by atomic mass is 19.1. The van der Waals surface area contributed by atoms with Gasteiger partial charge in [0.2, 0.25) is 0 Å². The topological polar surface area (TPSA) is 64.1 Å². The van der Waals surface area contributed by atoms with Crippen molar-refractivity contribution >= 4 is 5.82 Å². The summed E-state index contributed by atoms with van der Waals surface area (Å²) in [5.41, 5.74) is 6.88. The molecule has 2 unspecified atom stereocenters. The van der Waals surface area contributed by atoms with Gasteiger partial charge < -0.3 is 10.8 Å². The minimum absolute atomic E-state index is 0.0967. The van der Waals surface area contributed by atoms with Crippen LogP contribution in [0.5, 0.6) is 0 Å². The molecule has 3 N–H and O–H groups in total. The van der Waals surface area contributed by atoms with Crippen LogP contribution in [0, 0.1) is 5.82 Å². The van der Waals surface area contributed by atoms with Gasteiger partial charge >= 0.3 is 0 Å². The van der Waals surface area contributed by atoms with Crippen LogP contribution in [0.4, 0.5) is 10.2 Å². The summed E-state index contributed by atoms with van der Waals surface area (Å²) in [4.78, 5) is 0. The Kier molecular flexibility index (Phi) is 2.98. The number of nitrogen functional groups attached to an aromatic ring is 1. The molecule has 0 radical (unpaired) electrons. The Morgan fingerprint density at radius 3 is 2.79 bits per heavy atom. The summed E-state index contributed by atoms with van der Waals surface area (Å²) in [6, 6.07) is 8.03. The number of aliphatic hydroxyl groups is 1. The number of benzene rings is 1. The molecule has 1 aromatic carbocycles. The normalized spacial score (nSPS) is 22.8. The Bertz CT molecular complexity index is 596. The van der Waals surface area contributed by atoms with E-state index in [2.05, 4.69) is 5.10 Å². The molecule has 0 spiro atoms. The molecule has 1 aromatic heterocycles. The maximum absolute atomic E-state index is 13.7. The highest BCUT2D eigenvalue weighted by molar-refractivity contribution is 5.63. The number of aliphatic hydroxyl groups excluding tert-OH is 1. The predicted molar refractivity (Wildman–Crippen MR) is 70.9 cm³/mol. The molecule has 2 atom stereocenters. The van der Waals surface area contributed by atoms with E-state index in [1.54, 1.807) is 28.9 Å². The molecule has 4 nitrogen and oxygen atoms in total. The zero-order chi connectivity index (χ0) is 13.4. The van der Waals surface area contributed by atoms with Crippen molar-refractivity contribution in [3.8, 4) is 11.3 Å². The Morgan fingerprint density at radius 2 is 2.11 bits per heavy atom. The quantitative estimate of drug-likeness (QED) is 0.872. The maximum Gasteiger partial charge on any atom is 0.132 e. The summed E-state index contributed by atoms with van der Waals surface area (Å²) in [6.07, 6.45) is 2.15. The van der Waals surface area contributed by atoms with Gasteiger partial charge in [-0.05, 0) is 31.4 Å².